The number of pyridine rings is 1. The topological polar surface area (TPSA) is 88.2 Å². The molecule has 0 fully saturated rings. The zero-order valence-corrected chi connectivity index (χ0v) is 9.31. The summed E-state index contributed by atoms with van der Waals surface area (Å²) >= 11 is 0. The molecular formula is C11H17N3O2. The van der Waals surface area contributed by atoms with Crippen molar-refractivity contribution < 1.29 is 9.90 Å². The number of hydrogen-bond donors (Lipinski definition) is 3. The Labute approximate surface area is 94.7 Å². The van der Waals surface area contributed by atoms with Crippen LogP contribution in [0.3, 0.4) is 0 Å². The molecule has 1 rings (SSSR count). The predicted octanol–water partition coefficient (Wildman–Crippen LogP) is 0.555. The number of nitrogens with one attached hydrogen (secondary N) is 1. The minimum Gasteiger partial charge on any atom is -0.397 e. The van der Waals surface area contributed by atoms with Gasteiger partial charge in [-0.25, -0.2) is 4.98 Å². The molecule has 0 aliphatic heterocycles. The van der Waals surface area contributed by atoms with Gasteiger partial charge >= 0.3 is 0 Å². The van der Waals surface area contributed by atoms with Crippen molar-refractivity contribution >= 4 is 11.6 Å². The van der Waals surface area contributed by atoms with Crippen molar-refractivity contribution in [2.24, 2.45) is 0 Å². The lowest BCUT2D eigenvalue weighted by Gasteiger charge is -2.15. The highest BCUT2D eigenvalue weighted by Crippen LogP contribution is 2.07. The SMILES string of the molecule is CCC(CCO)NC(=O)c1ncccc1N. The molecule has 4 N–H and O–H groups in total. The van der Waals surface area contributed by atoms with Crippen molar-refractivity contribution in [1.29, 1.82) is 0 Å². The lowest BCUT2D eigenvalue weighted by Crippen LogP contribution is -2.35. The molecule has 0 aliphatic rings. The molecule has 0 aliphatic carbocycles. The smallest absolute Gasteiger partial charge is 0.272 e. The normalized spacial score (nSPS) is 12.1. The fourth-order valence-corrected chi connectivity index (χ4v) is 1.40. The van der Waals surface area contributed by atoms with E-state index in [4.69, 9.17) is 10.8 Å². The Hall–Kier alpha value is -1.62. The Bertz CT molecular complexity index is 355. The number of carbonyl (C=O) groups is 1. The van der Waals surface area contributed by atoms with Gasteiger partial charge in [0.25, 0.3) is 5.91 Å². The number of aliphatic hydroxyl groups excluding tert-OH is 1. The largest absolute Gasteiger partial charge is 0.397 e. The van der Waals surface area contributed by atoms with Gasteiger partial charge in [-0.3, -0.25) is 4.79 Å². The van der Waals surface area contributed by atoms with E-state index in [1.165, 1.54) is 6.20 Å². The molecule has 88 valence electrons. The molecule has 0 aromatic carbocycles. The third-order valence-electron chi connectivity index (χ3n) is 2.36. The summed E-state index contributed by atoms with van der Waals surface area (Å²) in [5.41, 5.74) is 6.24. The van der Waals surface area contributed by atoms with Crippen LogP contribution in [-0.4, -0.2) is 28.6 Å². The van der Waals surface area contributed by atoms with Crippen molar-refractivity contribution in [3.8, 4) is 0 Å². The number of nitrogens with two attached hydrogens (primary N) is 1. The second-order valence-electron chi connectivity index (χ2n) is 3.53. The molecule has 0 radical (unpaired) electrons. The molecule has 16 heavy (non-hydrogen) atoms. The molecule has 1 aromatic rings. The monoisotopic (exact) mass is 223 g/mol. The van der Waals surface area contributed by atoms with Crippen LogP contribution in [0.15, 0.2) is 18.3 Å². The molecule has 1 unspecified atom stereocenters. The fourth-order valence-electron chi connectivity index (χ4n) is 1.40. The number of carbonyl (C=O) groups excluding carboxylic acids is 1. The van der Waals surface area contributed by atoms with Gasteiger partial charge in [-0.15, -0.1) is 0 Å². The standard InChI is InChI=1S/C11H17N3O2/c1-2-8(5-7-15)14-11(16)10-9(12)4-3-6-13-10/h3-4,6,8,15H,2,5,7,12H2,1H3,(H,14,16). The molecule has 1 heterocycles. The third-order valence-corrected chi connectivity index (χ3v) is 2.36. The van der Waals surface area contributed by atoms with E-state index >= 15 is 0 Å². The van der Waals surface area contributed by atoms with Crippen LogP contribution >= 0.6 is 0 Å². The summed E-state index contributed by atoms with van der Waals surface area (Å²) < 4.78 is 0. The maximum Gasteiger partial charge on any atom is 0.272 e. The lowest BCUT2D eigenvalue weighted by molar-refractivity contribution is 0.0925. The number of hydrogen-bond acceptors (Lipinski definition) is 4. The van der Waals surface area contributed by atoms with E-state index < -0.39 is 0 Å². The van der Waals surface area contributed by atoms with Gasteiger partial charge in [-0.2, -0.15) is 0 Å². The summed E-state index contributed by atoms with van der Waals surface area (Å²) in [6, 6.07) is 3.27. The maximum absolute atomic E-state index is 11.8. The van der Waals surface area contributed by atoms with Gasteiger partial charge in [0.05, 0.1) is 5.69 Å². The fraction of sp³-hybridized carbons (Fsp3) is 0.455. The van der Waals surface area contributed by atoms with Crippen molar-refractivity contribution in [2.45, 2.75) is 25.8 Å². The van der Waals surface area contributed by atoms with E-state index in [0.717, 1.165) is 6.42 Å². The van der Waals surface area contributed by atoms with Crippen molar-refractivity contribution in [3.63, 3.8) is 0 Å². The Morgan fingerprint density at radius 1 is 1.69 bits per heavy atom. The second-order valence-corrected chi connectivity index (χ2v) is 3.53. The molecule has 0 spiro atoms. The molecule has 0 bridgehead atoms. The van der Waals surface area contributed by atoms with E-state index in [0.29, 0.717) is 12.1 Å². The number of anilines is 1. The minimum absolute atomic E-state index is 0.0427. The Morgan fingerprint density at radius 2 is 2.44 bits per heavy atom. The van der Waals surface area contributed by atoms with E-state index in [2.05, 4.69) is 10.3 Å². The molecule has 5 nitrogen and oxygen atoms in total. The number of aliphatic hydroxyl groups is 1. The van der Waals surface area contributed by atoms with Gasteiger partial charge in [-0.1, -0.05) is 6.92 Å². The van der Waals surface area contributed by atoms with Gasteiger partial charge in [0, 0.05) is 18.8 Å². The summed E-state index contributed by atoms with van der Waals surface area (Å²) in [5.74, 6) is -0.293. The summed E-state index contributed by atoms with van der Waals surface area (Å²) in [4.78, 5) is 15.7. The Balaban J connectivity index is 2.68. The van der Waals surface area contributed by atoms with Gasteiger partial charge in [0.15, 0.2) is 5.69 Å². The van der Waals surface area contributed by atoms with Gasteiger partial charge < -0.3 is 16.2 Å². The van der Waals surface area contributed by atoms with Crippen molar-refractivity contribution in [3.05, 3.63) is 24.0 Å². The first-order chi connectivity index (χ1) is 7.69. The Morgan fingerprint density at radius 3 is 3.00 bits per heavy atom. The van der Waals surface area contributed by atoms with Crippen LogP contribution in [0.1, 0.15) is 30.3 Å². The molecule has 0 saturated carbocycles. The molecule has 1 aromatic heterocycles. The second kappa shape index (κ2) is 6.07. The van der Waals surface area contributed by atoms with Gasteiger partial charge in [0.2, 0.25) is 0 Å². The summed E-state index contributed by atoms with van der Waals surface area (Å²) in [6.07, 6.45) is 2.83. The van der Waals surface area contributed by atoms with E-state index in [-0.39, 0.29) is 24.2 Å². The van der Waals surface area contributed by atoms with Crippen molar-refractivity contribution in [1.82, 2.24) is 10.3 Å². The minimum atomic E-state index is -0.293. The van der Waals surface area contributed by atoms with Crippen LogP contribution in [0.2, 0.25) is 0 Å². The zero-order chi connectivity index (χ0) is 12.0. The highest BCUT2D eigenvalue weighted by atomic mass is 16.3. The van der Waals surface area contributed by atoms with E-state index in [9.17, 15) is 4.79 Å². The molecular weight excluding hydrogens is 206 g/mol. The molecule has 1 atom stereocenters. The van der Waals surface area contributed by atoms with Crippen LogP contribution in [0.4, 0.5) is 5.69 Å². The highest BCUT2D eigenvalue weighted by Gasteiger charge is 2.14. The average molecular weight is 223 g/mol. The first kappa shape index (κ1) is 12.4. The van der Waals surface area contributed by atoms with Crippen LogP contribution < -0.4 is 11.1 Å². The lowest BCUT2D eigenvalue weighted by atomic mass is 10.1. The van der Waals surface area contributed by atoms with Crippen LogP contribution in [0.5, 0.6) is 0 Å². The Kier molecular flexibility index (Phi) is 4.72. The summed E-state index contributed by atoms with van der Waals surface area (Å²) in [7, 11) is 0. The molecule has 0 saturated heterocycles. The number of aromatic nitrogens is 1. The summed E-state index contributed by atoms with van der Waals surface area (Å²) in [6.45, 7) is 2.00. The number of rotatable bonds is 5. The maximum atomic E-state index is 11.8. The van der Waals surface area contributed by atoms with Gasteiger partial charge in [-0.05, 0) is 25.0 Å². The van der Waals surface area contributed by atoms with Gasteiger partial charge in [0.1, 0.15) is 0 Å². The zero-order valence-electron chi connectivity index (χ0n) is 9.31. The predicted molar refractivity (Wildman–Crippen MR) is 61.9 cm³/mol. The van der Waals surface area contributed by atoms with Crippen LogP contribution in [0.25, 0.3) is 0 Å². The van der Waals surface area contributed by atoms with E-state index in [1.54, 1.807) is 12.1 Å². The molecule has 5 heteroatoms. The van der Waals surface area contributed by atoms with Crippen LogP contribution in [-0.2, 0) is 0 Å². The third kappa shape index (κ3) is 3.20. The summed E-state index contributed by atoms with van der Waals surface area (Å²) in [5, 5.41) is 11.6. The van der Waals surface area contributed by atoms with Crippen LogP contribution in [0, 0.1) is 0 Å². The highest BCUT2D eigenvalue weighted by molar-refractivity contribution is 5.97. The first-order valence-electron chi connectivity index (χ1n) is 5.31. The van der Waals surface area contributed by atoms with E-state index in [1.807, 2.05) is 6.92 Å². The number of nitrogen functional groups attached to an aromatic ring is 1. The number of nitrogens with zero attached hydrogens (tertiary/aromatic N) is 1. The van der Waals surface area contributed by atoms with Crippen molar-refractivity contribution in [2.75, 3.05) is 12.3 Å². The quantitative estimate of drug-likeness (QED) is 0.680. The first-order valence-corrected chi connectivity index (χ1v) is 5.31. The molecule has 1 amide bonds. The average Bonchev–Trinajstić information content (AvgIpc) is 2.28. The number of amides is 1.